The Balaban J connectivity index is 2.77. The van der Waals surface area contributed by atoms with Crippen LogP contribution in [0, 0.1) is 11.8 Å². The second-order valence-corrected chi connectivity index (χ2v) is 2.77. The number of benzene rings is 1. The standard InChI is InChI=1S/C10H12NO/c1-9-3-5-10(6-4-9)7-8-11(2)12/h3-8H,1-2H3/q+1/b8-7+. The summed E-state index contributed by atoms with van der Waals surface area (Å²) in [6, 6.07) is 8.00. The molecular weight excluding hydrogens is 150 g/mol. The molecule has 0 aliphatic carbocycles. The minimum atomic E-state index is 0.778. The Morgan fingerprint density at radius 1 is 1.25 bits per heavy atom. The number of rotatable bonds is 2. The third kappa shape index (κ3) is 2.66. The predicted molar refractivity (Wildman–Crippen MR) is 49.8 cm³/mol. The number of hydrogen-bond acceptors (Lipinski definition) is 1. The van der Waals surface area contributed by atoms with E-state index in [2.05, 4.69) is 0 Å². The van der Waals surface area contributed by atoms with Crippen molar-refractivity contribution in [1.29, 1.82) is 0 Å². The van der Waals surface area contributed by atoms with Crippen LogP contribution in [0.15, 0.2) is 30.5 Å². The molecule has 0 aliphatic rings. The van der Waals surface area contributed by atoms with Crippen LogP contribution in [0.1, 0.15) is 11.1 Å². The normalized spacial score (nSPS) is 10.5. The lowest BCUT2D eigenvalue weighted by molar-refractivity contribution is -0.443. The molecule has 1 aromatic carbocycles. The summed E-state index contributed by atoms with van der Waals surface area (Å²) in [5, 5.41) is 0. The zero-order valence-electron chi connectivity index (χ0n) is 7.32. The fourth-order valence-corrected chi connectivity index (χ4v) is 0.869. The largest absolute Gasteiger partial charge is 0.221 e. The molecule has 0 unspecified atom stereocenters. The molecule has 62 valence electrons. The van der Waals surface area contributed by atoms with Crippen molar-refractivity contribution in [3.05, 3.63) is 46.5 Å². The van der Waals surface area contributed by atoms with Gasteiger partial charge in [0.1, 0.15) is 0 Å². The van der Waals surface area contributed by atoms with Crippen molar-refractivity contribution in [3.63, 3.8) is 0 Å². The summed E-state index contributed by atoms with van der Waals surface area (Å²) in [6.45, 7) is 2.03. The molecule has 1 rings (SSSR count). The Morgan fingerprint density at radius 2 is 1.83 bits per heavy atom. The summed E-state index contributed by atoms with van der Waals surface area (Å²) in [7, 11) is 1.46. The van der Waals surface area contributed by atoms with Crippen LogP contribution in [0.4, 0.5) is 0 Å². The summed E-state index contributed by atoms with van der Waals surface area (Å²) in [6.07, 6.45) is 3.27. The van der Waals surface area contributed by atoms with Crippen molar-refractivity contribution in [2.45, 2.75) is 6.92 Å². The van der Waals surface area contributed by atoms with Crippen molar-refractivity contribution in [2.24, 2.45) is 0 Å². The van der Waals surface area contributed by atoms with E-state index in [1.165, 1.54) is 18.8 Å². The third-order valence-corrected chi connectivity index (χ3v) is 1.55. The lowest BCUT2D eigenvalue weighted by Crippen LogP contribution is -1.85. The lowest BCUT2D eigenvalue weighted by atomic mass is 10.1. The molecule has 2 heteroatoms. The first-order chi connectivity index (χ1) is 5.68. The maximum absolute atomic E-state index is 10.5. The minimum Gasteiger partial charge on any atom is -0.0587 e. The molecule has 0 aliphatic heterocycles. The molecule has 0 radical (unpaired) electrons. The highest BCUT2D eigenvalue weighted by molar-refractivity contribution is 5.48. The van der Waals surface area contributed by atoms with Gasteiger partial charge in [-0.3, -0.25) is 0 Å². The second-order valence-electron chi connectivity index (χ2n) is 2.77. The highest BCUT2D eigenvalue weighted by atomic mass is 16.3. The van der Waals surface area contributed by atoms with Gasteiger partial charge in [0.15, 0.2) is 7.05 Å². The van der Waals surface area contributed by atoms with E-state index < -0.39 is 0 Å². The van der Waals surface area contributed by atoms with E-state index >= 15 is 0 Å². The van der Waals surface area contributed by atoms with Gasteiger partial charge in [-0.2, -0.15) is 0 Å². The van der Waals surface area contributed by atoms with Gasteiger partial charge in [0.05, 0.1) is 0 Å². The molecule has 0 heterocycles. The summed E-state index contributed by atoms with van der Waals surface area (Å²) < 4.78 is 0.778. The van der Waals surface area contributed by atoms with Crippen molar-refractivity contribution in [2.75, 3.05) is 7.05 Å². The molecule has 0 spiro atoms. The fraction of sp³-hybridized carbons (Fsp3) is 0.200. The van der Waals surface area contributed by atoms with Crippen LogP contribution in [0.3, 0.4) is 0 Å². The summed E-state index contributed by atoms with van der Waals surface area (Å²) in [4.78, 5) is 10.5. The minimum absolute atomic E-state index is 0.778. The fourth-order valence-electron chi connectivity index (χ4n) is 0.869. The van der Waals surface area contributed by atoms with Gasteiger partial charge >= 0.3 is 0 Å². The quantitative estimate of drug-likeness (QED) is 0.611. The zero-order valence-corrected chi connectivity index (χ0v) is 7.32. The lowest BCUT2D eigenvalue weighted by Gasteiger charge is -1.91. The van der Waals surface area contributed by atoms with Crippen LogP contribution in [-0.2, 0) is 0 Å². The maximum atomic E-state index is 10.5. The molecule has 0 fully saturated rings. The Kier molecular flexibility index (Phi) is 2.75. The van der Waals surface area contributed by atoms with Gasteiger partial charge in [-0.25, -0.2) is 0 Å². The maximum Gasteiger partial charge on any atom is 0.221 e. The smallest absolute Gasteiger partial charge is 0.0587 e. The summed E-state index contributed by atoms with van der Waals surface area (Å²) in [5.74, 6) is 0. The molecule has 0 amide bonds. The van der Waals surface area contributed by atoms with E-state index in [0.717, 1.165) is 10.3 Å². The number of nitrogens with zero attached hydrogens (tertiary/aromatic N) is 1. The first-order valence-corrected chi connectivity index (χ1v) is 3.83. The Labute approximate surface area is 72.1 Å². The van der Waals surface area contributed by atoms with Crippen molar-refractivity contribution >= 4 is 6.08 Å². The number of nitroso groups, excluding NO2 is 1. The van der Waals surface area contributed by atoms with Gasteiger partial charge < -0.3 is 0 Å². The van der Waals surface area contributed by atoms with E-state index in [9.17, 15) is 4.91 Å². The van der Waals surface area contributed by atoms with Gasteiger partial charge in [-0.1, -0.05) is 29.8 Å². The molecule has 0 bridgehead atoms. The van der Waals surface area contributed by atoms with Gasteiger partial charge in [-0.05, 0) is 12.5 Å². The van der Waals surface area contributed by atoms with Crippen molar-refractivity contribution in [3.8, 4) is 0 Å². The van der Waals surface area contributed by atoms with Crippen molar-refractivity contribution in [1.82, 2.24) is 0 Å². The van der Waals surface area contributed by atoms with Gasteiger partial charge in [0.25, 0.3) is 0 Å². The molecule has 1 aromatic rings. The molecule has 0 atom stereocenters. The molecule has 2 nitrogen and oxygen atoms in total. The Bertz CT molecular complexity index is 298. The van der Waals surface area contributed by atoms with Crippen LogP contribution >= 0.6 is 0 Å². The Hall–Kier alpha value is -1.44. The zero-order chi connectivity index (χ0) is 8.97. The average molecular weight is 162 g/mol. The molecular formula is C10H12NO+. The van der Waals surface area contributed by atoms with Gasteiger partial charge in [0, 0.05) is 15.7 Å². The first kappa shape index (κ1) is 8.65. The van der Waals surface area contributed by atoms with Crippen LogP contribution < -0.4 is 0 Å². The second kappa shape index (κ2) is 3.81. The predicted octanol–water partition coefficient (Wildman–Crippen LogP) is 2.37. The van der Waals surface area contributed by atoms with E-state index in [1.54, 1.807) is 6.08 Å². The molecule has 0 aromatic heterocycles. The third-order valence-electron chi connectivity index (χ3n) is 1.55. The van der Waals surface area contributed by atoms with Crippen LogP contribution in [-0.4, -0.2) is 11.8 Å². The molecule has 0 saturated heterocycles. The average Bonchev–Trinajstić information content (AvgIpc) is 2.03. The van der Waals surface area contributed by atoms with Gasteiger partial charge in [-0.15, -0.1) is 0 Å². The van der Waals surface area contributed by atoms with E-state index in [0.29, 0.717) is 0 Å². The topological polar surface area (TPSA) is 20.1 Å². The van der Waals surface area contributed by atoms with Crippen LogP contribution in [0.2, 0.25) is 0 Å². The van der Waals surface area contributed by atoms with Gasteiger partial charge in [0.2, 0.25) is 6.20 Å². The van der Waals surface area contributed by atoms with E-state index in [1.807, 2.05) is 31.2 Å². The van der Waals surface area contributed by atoms with Crippen molar-refractivity contribution < 1.29 is 4.76 Å². The SMILES string of the molecule is Cc1ccc(/C=C/[N+](C)=O)cc1. The molecule has 0 N–H and O–H groups in total. The van der Waals surface area contributed by atoms with Crippen LogP contribution in [0.5, 0.6) is 0 Å². The van der Waals surface area contributed by atoms with E-state index in [4.69, 9.17) is 0 Å². The monoisotopic (exact) mass is 162 g/mol. The first-order valence-electron chi connectivity index (χ1n) is 3.83. The molecule has 0 saturated carbocycles. The Morgan fingerprint density at radius 3 is 2.33 bits per heavy atom. The molecule has 12 heavy (non-hydrogen) atoms. The number of hydrogen-bond donors (Lipinski definition) is 0. The number of aryl methyl sites for hydroxylation is 1. The highest BCUT2D eigenvalue weighted by Gasteiger charge is 1.90. The summed E-state index contributed by atoms with van der Waals surface area (Å²) in [5.41, 5.74) is 2.27. The van der Waals surface area contributed by atoms with E-state index in [-0.39, 0.29) is 0 Å². The van der Waals surface area contributed by atoms with Crippen LogP contribution in [0.25, 0.3) is 6.08 Å². The summed E-state index contributed by atoms with van der Waals surface area (Å²) >= 11 is 0. The highest BCUT2D eigenvalue weighted by Crippen LogP contribution is 2.04.